The van der Waals surface area contributed by atoms with Gasteiger partial charge in [0.2, 0.25) is 0 Å². The first-order valence-electron chi connectivity index (χ1n) is 7.26. The zero-order valence-corrected chi connectivity index (χ0v) is 15.1. The summed E-state index contributed by atoms with van der Waals surface area (Å²) in [6.07, 6.45) is 0.431. The summed E-state index contributed by atoms with van der Waals surface area (Å²) in [6.45, 7) is 0. The first-order chi connectivity index (χ1) is 11.2. The highest BCUT2D eigenvalue weighted by molar-refractivity contribution is 7.91. The first kappa shape index (κ1) is 17.3. The van der Waals surface area contributed by atoms with Gasteiger partial charge in [-0.3, -0.25) is 9.48 Å². The minimum Gasteiger partial charge on any atom is -0.347 e. The highest BCUT2D eigenvalue weighted by Crippen LogP contribution is 2.28. The summed E-state index contributed by atoms with van der Waals surface area (Å²) in [6, 6.07) is 6.44. The first-order valence-corrected chi connectivity index (χ1v) is 9.84. The Labute approximate surface area is 149 Å². The van der Waals surface area contributed by atoms with Gasteiger partial charge in [0.1, 0.15) is 0 Å². The molecule has 1 aliphatic heterocycles. The van der Waals surface area contributed by atoms with E-state index in [1.807, 2.05) is 0 Å². The number of hydrogen-bond donors (Lipinski definition) is 1. The van der Waals surface area contributed by atoms with E-state index in [1.165, 1.54) is 0 Å². The van der Waals surface area contributed by atoms with Gasteiger partial charge in [0, 0.05) is 18.7 Å². The SMILES string of the molecule is Cn1nc(C(=O)NC2CCS(=O)(=O)C2)cc1-c1ccc(Cl)c(Cl)c1. The minimum absolute atomic E-state index is 0.0226. The molecule has 1 aromatic carbocycles. The molecule has 1 amide bonds. The van der Waals surface area contributed by atoms with Crippen molar-refractivity contribution in [3.8, 4) is 11.3 Å². The van der Waals surface area contributed by atoms with E-state index in [4.69, 9.17) is 23.2 Å². The van der Waals surface area contributed by atoms with Crippen molar-refractivity contribution in [1.82, 2.24) is 15.1 Å². The minimum atomic E-state index is -3.05. The van der Waals surface area contributed by atoms with Crippen LogP contribution in [0.3, 0.4) is 0 Å². The van der Waals surface area contributed by atoms with Crippen LogP contribution in [0.25, 0.3) is 11.3 Å². The van der Waals surface area contributed by atoms with Gasteiger partial charge in [-0.1, -0.05) is 29.3 Å². The second kappa shape index (κ2) is 6.38. The maximum absolute atomic E-state index is 12.3. The standard InChI is InChI=1S/C15H15Cl2N3O3S/c1-20-14(9-2-3-11(16)12(17)6-9)7-13(19-20)15(21)18-10-4-5-24(22,23)8-10/h2-3,6-7,10H,4-5,8H2,1H3,(H,18,21). The summed E-state index contributed by atoms with van der Waals surface area (Å²) in [5.41, 5.74) is 1.71. The molecule has 6 nitrogen and oxygen atoms in total. The number of sulfone groups is 1. The number of hydrogen-bond acceptors (Lipinski definition) is 4. The number of benzene rings is 1. The van der Waals surface area contributed by atoms with Crippen molar-refractivity contribution in [2.75, 3.05) is 11.5 Å². The van der Waals surface area contributed by atoms with Crippen molar-refractivity contribution < 1.29 is 13.2 Å². The molecule has 2 aromatic rings. The Hall–Kier alpha value is -1.57. The van der Waals surface area contributed by atoms with E-state index in [-0.39, 0.29) is 29.1 Å². The number of carbonyl (C=O) groups excluding carboxylic acids is 1. The normalized spacial score (nSPS) is 19.4. The third-order valence-corrected chi connectivity index (χ3v) is 6.40. The van der Waals surface area contributed by atoms with Crippen molar-refractivity contribution in [2.24, 2.45) is 7.05 Å². The number of carbonyl (C=O) groups is 1. The Balaban J connectivity index is 1.80. The van der Waals surface area contributed by atoms with Gasteiger partial charge in [-0.05, 0) is 24.6 Å². The third-order valence-electron chi connectivity index (χ3n) is 3.90. The predicted octanol–water partition coefficient (Wildman–Crippen LogP) is 2.31. The van der Waals surface area contributed by atoms with Crippen molar-refractivity contribution in [3.05, 3.63) is 40.0 Å². The Morgan fingerprint density at radius 1 is 1.29 bits per heavy atom. The van der Waals surface area contributed by atoms with Gasteiger partial charge >= 0.3 is 0 Å². The maximum Gasteiger partial charge on any atom is 0.272 e. The molecule has 1 atom stereocenters. The lowest BCUT2D eigenvalue weighted by molar-refractivity contribution is 0.0935. The largest absolute Gasteiger partial charge is 0.347 e. The molecule has 0 aliphatic carbocycles. The van der Waals surface area contributed by atoms with E-state index in [1.54, 1.807) is 36.0 Å². The molecule has 0 spiro atoms. The van der Waals surface area contributed by atoms with Gasteiger partial charge in [-0.2, -0.15) is 5.10 Å². The molecular formula is C15H15Cl2N3O3S. The molecule has 128 valence electrons. The van der Waals surface area contributed by atoms with Gasteiger partial charge in [0.15, 0.2) is 15.5 Å². The zero-order chi connectivity index (χ0) is 17.5. The van der Waals surface area contributed by atoms with Gasteiger partial charge in [-0.25, -0.2) is 8.42 Å². The van der Waals surface area contributed by atoms with Gasteiger partial charge in [-0.15, -0.1) is 0 Å². The molecule has 1 unspecified atom stereocenters. The van der Waals surface area contributed by atoms with Gasteiger partial charge in [0.05, 0.1) is 27.2 Å². The van der Waals surface area contributed by atoms with Crippen molar-refractivity contribution in [3.63, 3.8) is 0 Å². The molecule has 3 rings (SSSR count). The van der Waals surface area contributed by atoms with Crippen LogP contribution in [0.4, 0.5) is 0 Å². The van der Waals surface area contributed by atoms with Crippen LogP contribution in [0.15, 0.2) is 24.3 Å². The van der Waals surface area contributed by atoms with E-state index >= 15 is 0 Å². The van der Waals surface area contributed by atoms with Gasteiger partial charge < -0.3 is 5.32 Å². The third kappa shape index (κ3) is 3.58. The summed E-state index contributed by atoms with van der Waals surface area (Å²) in [5, 5.41) is 7.78. The molecular weight excluding hydrogens is 373 g/mol. The molecule has 24 heavy (non-hydrogen) atoms. The number of amides is 1. The van der Waals surface area contributed by atoms with Crippen LogP contribution in [0, 0.1) is 0 Å². The molecule has 0 bridgehead atoms. The lowest BCUT2D eigenvalue weighted by atomic mass is 10.1. The van der Waals surface area contributed by atoms with Crippen LogP contribution in [-0.2, 0) is 16.9 Å². The van der Waals surface area contributed by atoms with E-state index < -0.39 is 9.84 Å². The molecule has 1 saturated heterocycles. The number of nitrogens with zero attached hydrogens (tertiary/aromatic N) is 2. The molecule has 1 aliphatic rings. The van der Waals surface area contributed by atoms with Crippen LogP contribution in [0.2, 0.25) is 10.0 Å². The van der Waals surface area contributed by atoms with Crippen LogP contribution >= 0.6 is 23.2 Å². The highest BCUT2D eigenvalue weighted by Gasteiger charge is 2.29. The number of aromatic nitrogens is 2. The van der Waals surface area contributed by atoms with E-state index in [0.717, 1.165) is 5.56 Å². The maximum atomic E-state index is 12.3. The fourth-order valence-electron chi connectivity index (χ4n) is 2.67. The fraction of sp³-hybridized carbons (Fsp3) is 0.333. The van der Waals surface area contributed by atoms with Crippen molar-refractivity contribution in [1.29, 1.82) is 0 Å². The monoisotopic (exact) mass is 387 g/mol. The molecule has 1 N–H and O–H groups in total. The Morgan fingerprint density at radius 2 is 2.04 bits per heavy atom. The van der Waals surface area contributed by atoms with Gasteiger partial charge in [0.25, 0.3) is 5.91 Å². The molecule has 0 saturated carbocycles. The molecule has 2 heterocycles. The summed E-state index contributed by atoms with van der Waals surface area (Å²) in [4.78, 5) is 12.3. The molecule has 1 fully saturated rings. The van der Waals surface area contributed by atoms with Crippen LogP contribution < -0.4 is 5.32 Å². The second-order valence-electron chi connectivity index (χ2n) is 5.74. The lowest BCUT2D eigenvalue weighted by Crippen LogP contribution is -2.35. The van der Waals surface area contributed by atoms with Crippen molar-refractivity contribution in [2.45, 2.75) is 12.5 Å². The molecule has 9 heteroatoms. The van der Waals surface area contributed by atoms with Crippen LogP contribution in [0.5, 0.6) is 0 Å². The van der Waals surface area contributed by atoms with Crippen molar-refractivity contribution >= 4 is 38.9 Å². The van der Waals surface area contributed by atoms with E-state index in [0.29, 0.717) is 22.2 Å². The number of rotatable bonds is 3. The quantitative estimate of drug-likeness (QED) is 0.875. The number of aryl methyl sites for hydroxylation is 1. The topological polar surface area (TPSA) is 81.1 Å². The fourth-order valence-corrected chi connectivity index (χ4v) is 4.64. The average Bonchev–Trinajstić information content (AvgIpc) is 3.05. The smallest absolute Gasteiger partial charge is 0.272 e. The lowest BCUT2D eigenvalue weighted by Gasteiger charge is -2.08. The summed E-state index contributed by atoms with van der Waals surface area (Å²) >= 11 is 11.9. The predicted molar refractivity (Wildman–Crippen MR) is 93.2 cm³/mol. The Bertz CT molecular complexity index is 909. The number of nitrogens with one attached hydrogen (secondary N) is 1. The molecule has 1 aromatic heterocycles. The van der Waals surface area contributed by atoms with E-state index in [9.17, 15) is 13.2 Å². The van der Waals surface area contributed by atoms with E-state index in [2.05, 4.69) is 10.4 Å². The Kier molecular flexibility index (Phi) is 4.59. The molecule has 0 radical (unpaired) electrons. The highest BCUT2D eigenvalue weighted by atomic mass is 35.5. The Morgan fingerprint density at radius 3 is 2.67 bits per heavy atom. The zero-order valence-electron chi connectivity index (χ0n) is 12.8. The van der Waals surface area contributed by atoms with Crippen LogP contribution in [0.1, 0.15) is 16.9 Å². The summed E-state index contributed by atoms with van der Waals surface area (Å²) in [7, 11) is -1.33. The average molecular weight is 388 g/mol. The number of halogens is 2. The second-order valence-corrected chi connectivity index (χ2v) is 8.78. The summed E-state index contributed by atoms with van der Waals surface area (Å²) in [5.74, 6) is -0.307. The summed E-state index contributed by atoms with van der Waals surface area (Å²) < 4.78 is 24.5. The van der Waals surface area contributed by atoms with Crippen LogP contribution in [-0.4, -0.2) is 41.7 Å².